The molecule has 0 saturated carbocycles. The minimum absolute atomic E-state index is 0.230. The third kappa shape index (κ3) is 2.18. The van der Waals surface area contributed by atoms with E-state index in [0.717, 1.165) is 12.8 Å². The molecule has 0 aliphatic carbocycles. The normalized spacial score (nSPS) is 14.2. The van der Waals surface area contributed by atoms with E-state index in [9.17, 15) is 5.11 Å². The lowest BCUT2D eigenvalue weighted by Crippen LogP contribution is -2.28. The van der Waals surface area contributed by atoms with E-state index in [1.54, 1.807) is 14.0 Å². The van der Waals surface area contributed by atoms with Crippen LogP contribution in [0.3, 0.4) is 0 Å². The van der Waals surface area contributed by atoms with Crippen molar-refractivity contribution < 1.29 is 14.4 Å². The van der Waals surface area contributed by atoms with Crippen molar-refractivity contribution in [2.45, 2.75) is 45.3 Å². The lowest BCUT2D eigenvalue weighted by molar-refractivity contribution is -0.0306. The minimum atomic E-state index is -0.741. The zero-order valence-corrected chi connectivity index (χ0v) is 9.65. The van der Waals surface area contributed by atoms with E-state index >= 15 is 0 Å². The van der Waals surface area contributed by atoms with E-state index in [4.69, 9.17) is 9.26 Å². The van der Waals surface area contributed by atoms with Gasteiger partial charge in [0.05, 0.1) is 0 Å². The summed E-state index contributed by atoms with van der Waals surface area (Å²) < 4.78 is 10.4. The first-order valence-corrected chi connectivity index (χ1v) is 5.17. The molecule has 0 spiro atoms. The van der Waals surface area contributed by atoms with Crippen LogP contribution in [0.2, 0.25) is 0 Å². The van der Waals surface area contributed by atoms with Crippen molar-refractivity contribution in [1.29, 1.82) is 0 Å². The van der Waals surface area contributed by atoms with E-state index in [2.05, 4.69) is 10.1 Å². The molecule has 0 saturated heterocycles. The lowest BCUT2D eigenvalue weighted by atomic mass is 9.96. The third-order valence-corrected chi connectivity index (χ3v) is 2.74. The first kappa shape index (κ1) is 12.1. The fourth-order valence-electron chi connectivity index (χ4n) is 1.54. The van der Waals surface area contributed by atoms with Gasteiger partial charge in [-0.3, -0.25) is 0 Å². The maximum Gasteiger partial charge on any atom is 0.255 e. The molecule has 0 bridgehead atoms. The van der Waals surface area contributed by atoms with Crippen LogP contribution in [0, 0.1) is 0 Å². The molecule has 5 heteroatoms. The minimum Gasteiger partial charge on any atom is -0.384 e. The van der Waals surface area contributed by atoms with Gasteiger partial charge in [-0.05, 0) is 19.8 Å². The van der Waals surface area contributed by atoms with Gasteiger partial charge in [0.2, 0.25) is 5.82 Å². The van der Waals surface area contributed by atoms with E-state index in [1.165, 1.54) is 0 Å². The Morgan fingerprint density at radius 2 is 2.07 bits per heavy atom. The van der Waals surface area contributed by atoms with Gasteiger partial charge in [-0.15, -0.1) is 0 Å². The van der Waals surface area contributed by atoms with E-state index in [0.29, 0.717) is 5.82 Å². The molecule has 1 atom stereocenters. The number of hydrogen-bond acceptors (Lipinski definition) is 5. The highest BCUT2D eigenvalue weighted by molar-refractivity contribution is 5.01. The molecule has 1 heterocycles. The Morgan fingerprint density at radius 1 is 1.47 bits per heavy atom. The van der Waals surface area contributed by atoms with Crippen LogP contribution in [0.5, 0.6) is 0 Å². The molecule has 1 rings (SSSR count). The molecule has 15 heavy (non-hydrogen) atoms. The number of aromatic nitrogens is 2. The average Bonchev–Trinajstić information content (AvgIpc) is 2.71. The predicted octanol–water partition coefficient (Wildman–Crippen LogP) is 1.78. The molecular formula is C10H18N2O3. The van der Waals surface area contributed by atoms with Crippen LogP contribution >= 0.6 is 0 Å². The van der Waals surface area contributed by atoms with Crippen molar-refractivity contribution in [3.8, 4) is 0 Å². The smallest absolute Gasteiger partial charge is 0.255 e. The number of ether oxygens (including phenoxy) is 1. The van der Waals surface area contributed by atoms with Crippen molar-refractivity contribution in [3.63, 3.8) is 0 Å². The summed E-state index contributed by atoms with van der Waals surface area (Å²) in [5.41, 5.74) is -0.503. The fraction of sp³-hybridized carbons (Fsp3) is 0.800. The highest BCUT2D eigenvalue weighted by Crippen LogP contribution is 2.30. The Balaban J connectivity index is 3.01. The van der Waals surface area contributed by atoms with E-state index < -0.39 is 11.7 Å². The predicted molar refractivity (Wildman–Crippen MR) is 54.2 cm³/mol. The molecule has 86 valence electrons. The zero-order valence-electron chi connectivity index (χ0n) is 9.65. The van der Waals surface area contributed by atoms with Gasteiger partial charge in [0.15, 0.2) is 0 Å². The number of nitrogens with zero attached hydrogens (tertiary/aromatic N) is 2. The Morgan fingerprint density at radius 3 is 2.40 bits per heavy atom. The molecule has 1 unspecified atom stereocenters. The molecule has 0 aliphatic heterocycles. The van der Waals surface area contributed by atoms with E-state index in [-0.39, 0.29) is 5.89 Å². The molecule has 0 amide bonds. The maximum atomic E-state index is 9.28. The first-order valence-electron chi connectivity index (χ1n) is 5.17. The van der Waals surface area contributed by atoms with Gasteiger partial charge in [-0.2, -0.15) is 4.98 Å². The van der Waals surface area contributed by atoms with Crippen molar-refractivity contribution in [1.82, 2.24) is 10.1 Å². The molecule has 1 aromatic heterocycles. The molecule has 5 nitrogen and oxygen atoms in total. The van der Waals surface area contributed by atoms with Gasteiger partial charge in [0.1, 0.15) is 11.7 Å². The van der Waals surface area contributed by atoms with Gasteiger partial charge in [-0.25, -0.2) is 0 Å². The third-order valence-electron chi connectivity index (χ3n) is 2.74. The molecule has 0 aliphatic rings. The van der Waals surface area contributed by atoms with Crippen LogP contribution in [0.25, 0.3) is 0 Å². The molecule has 1 aromatic rings. The summed E-state index contributed by atoms with van der Waals surface area (Å²) >= 11 is 0. The Bertz CT molecular complexity index is 297. The molecule has 0 radical (unpaired) electrons. The van der Waals surface area contributed by atoms with E-state index in [1.807, 2.05) is 13.8 Å². The van der Waals surface area contributed by atoms with Crippen molar-refractivity contribution >= 4 is 0 Å². The van der Waals surface area contributed by atoms with Crippen LogP contribution in [0.4, 0.5) is 0 Å². The summed E-state index contributed by atoms with van der Waals surface area (Å²) in [5.74, 6) is 0.735. The maximum absolute atomic E-state index is 9.28. The van der Waals surface area contributed by atoms with Crippen LogP contribution in [-0.2, 0) is 10.3 Å². The summed E-state index contributed by atoms with van der Waals surface area (Å²) in [6, 6.07) is 0. The second-order valence-electron chi connectivity index (χ2n) is 3.54. The highest BCUT2D eigenvalue weighted by Gasteiger charge is 2.34. The molecule has 0 aromatic carbocycles. The Labute approximate surface area is 89.4 Å². The SMILES string of the molecule is CCC(CC)(OC)c1noc(C(C)O)n1. The van der Waals surface area contributed by atoms with Crippen LogP contribution < -0.4 is 0 Å². The highest BCUT2D eigenvalue weighted by atomic mass is 16.5. The summed E-state index contributed by atoms with van der Waals surface area (Å²) in [4.78, 5) is 4.14. The summed E-state index contributed by atoms with van der Waals surface area (Å²) in [6.07, 6.45) is 0.784. The summed E-state index contributed by atoms with van der Waals surface area (Å²) in [6.45, 7) is 5.60. The van der Waals surface area contributed by atoms with Crippen LogP contribution in [-0.4, -0.2) is 22.4 Å². The number of rotatable bonds is 5. The van der Waals surface area contributed by atoms with Crippen LogP contribution in [0.1, 0.15) is 51.4 Å². The number of aliphatic hydroxyl groups excluding tert-OH is 1. The zero-order chi connectivity index (χ0) is 11.5. The van der Waals surface area contributed by atoms with Crippen molar-refractivity contribution in [2.24, 2.45) is 0 Å². The molecule has 1 N–H and O–H groups in total. The first-order chi connectivity index (χ1) is 7.09. The fourth-order valence-corrected chi connectivity index (χ4v) is 1.54. The summed E-state index contributed by atoms with van der Waals surface area (Å²) in [5, 5.41) is 13.1. The van der Waals surface area contributed by atoms with Gasteiger partial charge >= 0.3 is 0 Å². The molecule has 0 fully saturated rings. The van der Waals surface area contributed by atoms with Crippen LogP contribution in [0.15, 0.2) is 4.52 Å². The second kappa shape index (κ2) is 4.72. The average molecular weight is 214 g/mol. The quantitative estimate of drug-likeness (QED) is 0.809. The van der Waals surface area contributed by atoms with Crippen molar-refractivity contribution in [2.75, 3.05) is 7.11 Å². The van der Waals surface area contributed by atoms with Gasteiger partial charge in [0, 0.05) is 7.11 Å². The Kier molecular flexibility index (Phi) is 3.82. The summed E-state index contributed by atoms with van der Waals surface area (Å²) in [7, 11) is 1.63. The monoisotopic (exact) mass is 214 g/mol. The van der Waals surface area contributed by atoms with Gasteiger partial charge in [-0.1, -0.05) is 19.0 Å². The second-order valence-corrected chi connectivity index (χ2v) is 3.54. The van der Waals surface area contributed by atoms with Crippen molar-refractivity contribution in [3.05, 3.63) is 11.7 Å². The van der Waals surface area contributed by atoms with Gasteiger partial charge < -0.3 is 14.4 Å². The Hall–Kier alpha value is -0.940. The number of methoxy groups -OCH3 is 1. The largest absolute Gasteiger partial charge is 0.384 e. The standard InChI is InChI=1S/C10H18N2O3/c1-5-10(6-2,14-4)9-11-8(7(3)13)15-12-9/h7,13H,5-6H2,1-4H3. The molecular weight excluding hydrogens is 196 g/mol. The lowest BCUT2D eigenvalue weighted by Gasteiger charge is -2.25. The number of hydrogen-bond donors (Lipinski definition) is 1. The van der Waals surface area contributed by atoms with Gasteiger partial charge in [0.25, 0.3) is 5.89 Å². The topological polar surface area (TPSA) is 68.4 Å². The number of aliphatic hydroxyl groups is 1.